The SMILES string of the molecule is CC(C)(C)CC(CO)NCC1CCOC1. The van der Waals surface area contributed by atoms with Gasteiger partial charge in [-0.05, 0) is 24.2 Å². The second-order valence-corrected chi connectivity index (χ2v) is 5.78. The third kappa shape index (κ3) is 5.50. The Hall–Kier alpha value is -0.120. The van der Waals surface area contributed by atoms with E-state index in [-0.39, 0.29) is 18.1 Å². The van der Waals surface area contributed by atoms with Gasteiger partial charge in [0.1, 0.15) is 0 Å². The Balaban J connectivity index is 2.21. The number of aliphatic hydroxyl groups is 1. The van der Waals surface area contributed by atoms with Crippen molar-refractivity contribution in [3.8, 4) is 0 Å². The summed E-state index contributed by atoms with van der Waals surface area (Å²) in [6.07, 6.45) is 2.16. The van der Waals surface area contributed by atoms with E-state index >= 15 is 0 Å². The highest BCUT2D eigenvalue weighted by atomic mass is 16.5. The molecule has 1 rings (SSSR count). The highest BCUT2D eigenvalue weighted by Crippen LogP contribution is 2.21. The summed E-state index contributed by atoms with van der Waals surface area (Å²) in [6, 6.07) is 0.227. The largest absolute Gasteiger partial charge is 0.395 e. The van der Waals surface area contributed by atoms with Crippen LogP contribution in [0.1, 0.15) is 33.6 Å². The maximum absolute atomic E-state index is 9.27. The molecule has 2 atom stereocenters. The minimum Gasteiger partial charge on any atom is -0.395 e. The molecule has 15 heavy (non-hydrogen) atoms. The number of hydrogen-bond donors (Lipinski definition) is 2. The molecule has 0 radical (unpaired) electrons. The zero-order valence-corrected chi connectivity index (χ0v) is 10.3. The monoisotopic (exact) mass is 215 g/mol. The van der Waals surface area contributed by atoms with Crippen molar-refractivity contribution >= 4 is 0 Å². The lowest BCUT2D eigenvalue weighted by Crippen LogP contribution is -2.38. The predicted molar refractivity (Wildman–Crippen MR) is 61.9 cm³/mol. The van der Waals surface area contributed by atoms with Crippen molar-refractivity contribution in [2.75, 3.05) is 26.4 Å². The third-order valence-electron chi connectivity index (χ3n) is 2.80. The summed E-state index contributed by atoms with van der Waals surface area (Å²) in [6.45, 7) is 9.59. The van der Waals surface area contributed by atoms with E-state index in [0.29, 0.717) is 5.92 Å². The molecule has 1 heterocycles. The zero-order chi connectivity index (χ0) is 11.3. The maximum Gasteiger partial charge on any atom is 0.0584 e. The molecule has 1 aliphatic rings. The molecule has 0 aliphatic carbocycles. The van der Waals surface area contributed by atoms with Crippen LogP contribution >= 0.6 is 0 Å². The van der Waals surface area contributed by atoms with E-state index in [2.05, 4.69) is 26.1 Å². The topological polar surface area (TPSA) is 41.5 Å². The molecule has 3 nitrogen and oxygen atoms in total. The molecule has 2 unspecified atom stereocenters. The van der Waals surface area contributed by atoms with Crippen molar-refractivity contribution in [3.05, 3.63) is 0 Å². The minimum absolute atomic E-state index is 0.227. The molecule has 0 spiro atoms. The number of hydrogen-bond acceptors (Lipinski definition) is 3. The molecular formula is C12H25NO2. The maximum atomic E-state index is 9.27. The fourth-order valence-corrected chi connectivity index (χ4v) is 2.02. The van der Waals surface area contributed by atoms with E-state index in [0.717, 1.165) is 32.6 Å². The van der Waals surface area contributed by atoms with E-state index in [9.17, 15) is 5.11 Å². The quantitative estimate of drug-likeness (QED) is 0.728. The lowest BCUT2D eigenvalue weighted by atomic mass is 9.88. The molecule has 0 amide bonds. The Morgan fingerprint density at radius 3 is 2.67 bits per heavy atom. The summed E-state index contributed by atoms with van der Waals surface area (Å²) in [7, 11) is 0. The van der Waals surface area contributed by atoms with E-state index in [1.165, 1.54) is 0 Å². The first kappa shape index (κ1) is 12.9. The number of aliphatic hydroxyl groups excluding tert-OH is 1. The Labute approximate surface area is 93.2 Å². The van der Waals surface area contributed by atoms with Crippen LogP contribution in [-0.2, 0) is 4.74 Å². The van der Waals surface area contributed by atoms with E-state index in [1.54, 1.807) is 0 Å². The van der Waals surface area contributed by atoms with Gasteiger partial charge in [0.05, 0.1) is 13.2 Å². The first-order chi connectivity index (χ1) is 7.01. The number of rotatable bonds is 5. The summed E-state index contributed by atoms with van der Waals surface area (Å²) in [5.74, 6) is 0.638. The van der Waals surface area contributed by atoms with Crippen molar-refractivity contribution in [3.63, 3.8) is 0 Å². The van der Waals surface area contributed by atoms with Gasteiger partial charge in [-0.3, -0.25) is 0 Å². The molecule has 0 aromatic heterocycles. The fourth-order valence-electron chi connectivity index (χ4n) is 2.02. The molecule has 1 fully saturated rings. The first-order valence-corrected chi connectivity index (χ1v) is 5.93. The lowest BCUT2D eigenvalue weighted by molar-refractivity contribution is 0.174. The lowest BCUT2D eigenvalue weighted by Gasteiger charge is -2.26. The molecule has 90 valence electrons. The highest BCUT2D eigenvalue weighted by Gasteiger charge is 2.20. The van der Waals surface area contributed by atoms with E-state index < -0.39 is 0 Å². The van der Waals surface area contributed by atoms with Gasteiger partial charge in [-0.1, -0.05) is 20.8 Å². The Kier molecular flexibility index (Phi) is 5.03. The molecular weight excluding hydrogens is 190 g/mol. The molecule has 0 aromatic carbocycles. The first-order valence-electron chi connectivity index (χ1n) is 5.93. The molecule has 1 aliphatic heterocycles. The Morgan fingerprint density at radius 2 is 2.20 bits per heavy atom. The summed E-state index contributed by atoms with van der Waals surface area (Å²) in [5, 5.41) is 12.7. The van der Waals surface area contributed by atoms with Crippen LogP contribution in [0.2, 0.25) is 0 Å². The predicted octanol–water partition coefficient (Wildman–Crippen LogP) is 1.41. The Morgan fingerprint density at radius 1 is 1.47 bits per heavy atom. The van der Waals surface area contributed by atoms with Crippen LogP contribution in [-0.4, -0.2) is 37.5 Å². The van der Waals surface area contributed by atoms with Crippen LogP contribution < -0.4 is 5.32 Å². The van der Waals surface area contributed by atoms with Gasteiger partial charge in [0.25, 0.3) is 0 Å². The fraction of sp³-hybridized carbons (Fsp3) is 1.00. The molecule has 3 heteroatoms. The Bertz CT molecular complexity index is 171. The van der Waals surface area contributed by atoms with Crippen molar-refractivity contribution in [2.24, 2.45) is 11.3 Å². The molecule has 0 bridgehead atoms. The van der Waals surface area contributed by atoms with Crippen LogP contribution in [0.5, 0.6) is 0 Å². The third-order valence-corrected chi connectivity index (χ3v) is 2.80. The van der Waals surface area contributed by atoms with Gasteiger partial charge in [-0.25, -0.2) is 0 Å². The summed E-state index contributed by atoms with van der Waals surface area (Å²) in [5.41, 5.74) is 0.270. The van der Waals surface area contributed by atoms with Crippen LogP contribution in [0.3, 0.4) is 0 Å². The molecule has 0 aromatic rings. The molecule has 1 saturated heterocycles. The van der Waals surface area contributed by atoms with Gasteiger partial charge < -0.3 is 15.2 Å². The smallest absolute Gasteiger partial charge is 0.0584 e. The van der Waals surface area contributed by atoms with Gasteiger partial charge in [0, 0.05) is 19.2 Å². The standard InChI is InChI=1S/C12H25NO2/c1-12(2,3)6-11(8-14)13-7-10-4-5-15-9-10/h10-11,13-14H,4-9H2,1-3H3. The summed E-state index contributed by atoms with van der Waals surface area (Å²) < 4.78 is 5.32. The van der Waals surface area contributed by atoms with Crippen LogP contribution in [0.4, 0.5) is 0 Å². The van der Waals surface area contributed by atoms with Gasteiger partial charge >= 0.3 is 0 Å². The van der Waals surface area contributed by atoms with E-state index in [4.69, 9.17) is 4.74 Å². The molecule has 0 saturated carbocycles. The summed E-state index contributed by atoms with van der Waals surface area (Å²) in [4.78, 5) is 0. The van der Waals surface area contributed by atoms with Crippen LogP contribution in [0.15, 0.2) is 0 Å². The average molecular weight is 215 g/mol. The van der Waals surface area contributed by atoms with Crippen LogP contribution in [0.25, 0.3) is 0 Å². The normalized spacial score (nSPS) is 24.4. The van der Waals surface area contributed by atoms with Gasteiger partial charge in [-0.2, -0.15) is 0 Å². The van der Waals surface area contributed by atoms with Crippen molar-refractivity contribution in [1.29, 1.82) is 0 Å². The summed E-state index contributed by atoms with van der Waals surface area (Å²) >= 11 is 0. The second-order valence-electron chi connectivity index (χ2n) is 5.78. The second kappa shape index (κ2) is 5.83. The van der Waals surface area contributed by atoms with Gasteiger partial charge in [0.15, 0.2) is 0 Å². The average Bonchev–Trinajstić information content (AvgIpc) is 2.62. The van der Waals surface area contributed by atoms with E-state index in [1.807, 2.05) is 0 Å². The van der Waals surface area contributed by atoms with Crippen LogP contribution in [0, 0.1) is 11.3 Å². The zero-order valence-electron chi connectivity index (χ0n) is 10.3. The molecule has 2 N–H and O–H groups in total. The minimum atomic E-state index is 0.227. The number of nitrogens with one attached hydrogen (secondary N) is 1. The van der Waals surface area contributed by atoms with Crippen molar-refractivity contribution < 1.29 is 9.84 Å². The van der Waals surface area contributed by atoms with Gasteiger partial charge in [-0.15, -0.1) is 0 Å². The van der Waals surface area contributed by atoms with Crippen molar-refractivity contribution in [2.45, 2.75) is 39.7 Å². The van der Waals surface area contributed by atoms with Gasteiger partial charge in [0.2, 0.25) is 0 Å². The number of ether oxygens (including phenoxy) is 1. The highest BCUT2D eigenvalue weighted by molar-refractivity contribution is 4.76. The van der Waals surface area contributed by atoms with Crippen molar-refractivity contribution in [1.82, 2.24) is 5.32 Å².